The summed E-state index contributed by atoms with van der Waals surface area (Å²) in [5, 5.41) is 0. The first-order chi connectivity index (χ1) is 19.5. The second-order valence-electron chi connectivity index (χ2n) is 11.0. The molecule has 1 aliphatic heterocycles. The van der Waals surface area contributed by atoms with Crippen LogP contribution in [0.5, 0.6) is 17.2 Å². The number of likely N-dealkylation sites (tertiary alicyclic amines) is 1. The number of piperidine rings is 1. The van der Waals surface area contributed by atoms with Gasteiger partial charge in [0, 0.05) is 37.4 Å². The highest BCUT2D eigenvalue weighted by molar-refractivity contribution is 5.72. The van der Waals surface area contributed by atoms with Crippen LogP contribution in [0.1, 0.15) is 39.2 Å². The Morgan fingerprint density at radius 1 is 0.878 bits per heavy atom. The first kappa shape index (κ1) is 30.0. The molecular weight excluding hydrogens is 530 g/mol. The monoisotopic (exact) mass is 568 g/mol. The SMILES string of the molecule is COc1cc(-c2cccc(CN(c3ccc(F)c(F)c3)C3CCN(C(=O)OC(C)(C)C)CC3)c2)cc(OC)c1OC. The summed E-state index contributed by atoms with van der Waals surface area (Å²) >= 11 is 0. The number of halogens is 2. The minimum absolute atomic E-state index is 0.00313. The predicted octanol–water partition coefficient (Wildman–Crippen LogP) is 7.06. The van der Waals surface area contributed by atoms with Gasteiger partial charge in [0.15, 0.2) is 23.1 Å². The van der Waals surface area contributed by atoms with Crippen molar-refractivity contribution in [2.24, 2.45) is 0 Å². The van der Waals surface area contributed by atoms with Crippen molar-refractivity contribution < 1.29 is 32.5 Å². The van der Waals surface area contributed by atoms with Crippen molar-refractivity contribution >= 4 is 11.8 Å². The molecule has 1 heterocycles. The van der Waals surface area contributed by atoms with Gasteiger partial charge in [-0.2, -0.15) is 0 Å². The summed E-state index contributed by atoms with van der Waals surface area (Å²) in [4.78, 5) is 16.4. The highest BCUT2D eigenvalue weighted by atomic mass is 19.2. The van der Waals surface area contributed by atoms with Gasteiger partial charge in [0.1, 0.15) is 5.60 Å². The zero-order chi connectivity index (χ0) is 29.7. The van der Waals surface area contributed by atoms with Crippen LogP contribution in [0.2, 0.25) is 0 Å². The third kappa shape index (κ3) is 7.20. The summed E-state index contributed by atoms with van der Waals surface area (Å²) in [6, 6.07) is 15.8. The third-order valence-electron chi connectivity index (χ3n) is 7.07. The Balaban J connectivity index is 1.61. The highest BCUT2D eigenvalue weighted by Gasteiger charge is 2.30. The molecule has 7 nitrogen and oxygen atoms in total. The normalized spacial score (nSPS) is 14.0. The number of hydrogen-bond acceptors (Lipinski definition) is 6. The van der Waals surface area contributed by atoms with Crippen LogP contribution in [0.4, 0.5) is 19.3 Å². The predicted molar refractivity (Wildman–Crippen MR) is 155 cm³/mol. The largest absolute Gasteiger partial charge is 0.493 e. The van der Waals surface area contributed by atoms with E-state index in [-0.39, 0.29) is 12.1 Å². The fourth-order valence-electron chi connectivity index (χ4n) is 5.08. The maximum atomic E-state index is 14.4. The Kier molecular flexibility index (Phi) is 9.25. The minimum atomic E-state index is -0.898. The molecule has 0 bridgehead atoms. The number of anilines is 1. The molecule has 220 valence electrons. The Labute approximate surface area is 240 Å². The molecule has 3 aromatic carbocycles. The molecular formula is C32H38F2N2O5. The number of ether oxygens (including phenoxy) is 4. The van der Waals surface area contributed by atoms with Gasteiger partial charge in [0.2, 0.25) is 5.75 Å². The van der Waals surface area contributed by atoms with Gasteiger partial charge in [-0.3, -0.25) is 0 Å². The molecule has 0 radical (unpaired) electrons. The number of carbonyl (C=O) groups excluding carboxylic acids is 1. The van der Waals surface area contributed by atoms with Gasteiger partial charge in [-0.15, -0.1) is 0 Å². The topological polar surface area (TPSA) is 60.5 Å². The highest BCUT2D eigenvalue weighted by Crippen LogP contribution is 2.41. The Bertz CT molecular complexity index is 1340. The van der Waals surface area contributed by atoms with Gasteiger partial charge in [0.05, 0.1) is 21.3 Å². The number of carbonyl (C=O) groups is 1. The summed E-state index contributed by atoms with van der Waals surface area (Å²) in [5.74, 6) is -0.181. The minimum Gasteiger partial charge on any atom is -0.493 e. The van der Waals surface area contributed by atoms with E-state index in [0.717, 1.165) is 22.8 Å². The van der Waals surface area contributed by atoms with Crippen LogP contribution < -0.4 is 19.1 Å². The van der Waals surface area contributed by atoms with Crippen LogP contribution >= 0.6 is 0 Å². The molecule has 1 saturated heterocycles. The fraction of sp³-hybridized carbons (Fsp3) is 0.406. The van der Waals surface area contributed by atoms with Crippen molar-refractivity contribution in [2.75, 3.05) is 39.3 Å². The fourth-order valence-corrected chi connectivity index (χ4v) is 5.08. The van der Waals surface area contributed by atoms with E-state index in [1.165, 1.54) is 6.07 Å². The zero-order valence-electron chi connectivity index (χ0n) is 24.5. The molecule has 0 unspecified atom stereocenters. The lowest BCUT2D eigenvalue weighted by atomic mass is 9.99. The smallest absolute Gasteiger partial charge is 0.410 e. The van der Waals surface area contributed by atoms with E-state index in [1.54, 1.807) is 32.3 Å². The zero-order valence-corrected chi connectivity index (χ0v) is 24.5. The van der Waals surface area contributed by atoms with Crippen LogP contribution in [0, 0.1) is 11.6 Å². The molecule has 0 aliphatic carbocycles. The van der Waals surface area contributed by atoms with E-state index in [4.69, 9.17) is 18.9 Å². The van der Waals surface area contributed by atoms with Crippen molar-refractivity contribution in [3.8, 4) is 28.4 Å². The number of methoxy groups -OCH3 is 3. The summed E-state index contributed by atoms with van der Waals surface area (Å²) in [7, 11) is 4.71. The van der Waals surface area contributed by atoms with E-state index in [1.807, 2.05) is 51.1 Å². The van der Waals surface area contributed by atoms with Gasteiger partial charge in [-0.05, 0) is 80.6 Å². The van der Waals surface area contributed by atoms with E-state index in [0.29, 0.717) is 55.4 Å². The van der Waals surface area contributed by atoms with Crippen molar-refractivity contribution in [2.45, 2.75) is 51.8 Å². The van der Waals surface area contributed by atoms with Gasteiger partial charge < -0.3 is 28.7 Å². The van der Waals surface area contributed by atoms with Gasteiger partial charge in [-0.25, -0.2) is 13.6 Å². The average molecular weight is 569 g/mol. The standard InChI is InChI=1S/C32H38F2N2O5/c1-32(2,3)41-31(37)35-14-12-24(13-15-35)36(25-10-11-26(33)27(34)19-25)20-21-8-7-9-22(16-21)23-17-28(38-4)30(40-6)29(18-23)39-5/h7-11,16-19,24H,12-15,20H2,1-6H3. The van der Waals surface area contributed by atoms with Crippen LogP contribution in [0.25, 0.3) is 11.1 Å². The Morgan fingerprint density at radius 3 is 2.10 bits per heavy atom. The number of nitrogens with zero attached hydrogens (tertiary/aromatic N) is 2. The van der Waals surface area contributed by atoms with E-state index >= 15 is 0 Å². The maximum Gasteiger partial charge on any atom is 0.410 e. The van der Waals surface area contributed by atoms with E-state index in [2.05, 4.69) is 11.0 Å². The molecule has 0 spiro atoms. The van der Waals surface area contributed by atoms with E-state index in [9.17, 15) is 13.6 Å². The molecule has 41 heavy (non-hydrogen) atoms. The van der Waals surface area contributed by atoms with Crippen LogP contribution in [-0.2, 0) is 11.3 Å². The number of amides is 1. The number of rotatable bonds is 8. The molecule has 1 aliphatic rings. The quantitative estimate of drug-likeness (QED) is 0.290. The third-order valence-corrected chi connectivity index (χ3v) is 7.07. The molecule has 1 fully saturated rings. The van der Waals surface area contributed by atoms with Crippen LogP contribution in [0.15, 0.2) is 54.6 Å². The Morgan fingerprint density at radius 2 is 1.54 bits per heavy atom. The van der Waals surface area contributed by atoms with Gasteiger partial charge in [0.25, 0.3) is 0 Å². The summed E-state index contributed by atoms with van der Waals surface area (Å²) in [6.07, 6.45) is 0.976. The summed E-state index contributed by atoms with van der Waals surface area (Å²) in [6.45, 7) is 7.00. The van der Waals surface area contributed by atoms with E-state index < -0.39 is 17.2 Å². The molecule has 0 N–H and O–H groups in total. The first-order valence-electron chi connectivity index (χ1n) is 13.6. The lowest BCUT2D eigenvalue weighted by Gasteiger charge is -2.40. The average Bonchev–Trinajstić information content (AvgIpc) is 2.96. The molecule has 3 aromatic rings. The lowest BCUT2D eigenvalue weighted by molar-refractivity contribution is 0.0204. The second kappa shape index (κ2) is 12.7. The van der Waals surface area contributed by atoms with Crippen molar-refractivity contribution in [1.82, 2.24) is 4.90 Å². The van der Waals surface area contributed by atoms with Crippen molar-refractivity contribution in [3.63, 3.8) is 0 Å². The second-order valence-corrected chi connectivity index (χ2v) is 11.0. The molecule has 0 aromatic heterocycles. The molecule has 0 saturated carbocycles. The summed E-state index contributed by atoms with van der Waals surface area (Å²) < 4.78 is 50.3. The number of hydrogen-bond donors (Lipinski definition) is 0. The maximum absolute atomic E-state index is 14.4. The summed E-state index contributed by atoms with van der Waals surface area (Å²) in [5.41, 5.74) is 2.81. The molecule has 4 rings (SSSR count). The van der Waals surface area contributed by atoms with Crippen LogP contribution in [-0.4, -0.2) is 57.1 Å². The molecule has 0 atom stereocenters. The van der Waals surface area contributed by atoms with Gasteiger partial charge in [-0.1, -0.05) is 18.2 Å². The number of benzene rings is 3. The molecule has 9 heteroatoms. The first-order valence-corrected chi connectivity index (χ1v) is 13.6. The van der Waals surface area contributed by atoms with Crippen molar-refractivity contribution in [3.05, 3.63) is 71.8 Å². The Hall–Kier alpha value is -4.01. The molecule has 1 amide bonds. The lowest BCUT2D eigenvalue weighted by Crippen LogP contribution is -2.48. The van der Waals surface area contributed by atoms with Crippen molar-refractivity contribution in [1.29, 1.82) is 0 Å². The van der Waals surface area contributed by atoms with Crippen LogP contribution in [0.3, 0.4) is 0 Å². The van der Waals surface area contributed by atoms with Gasteiger partial charge >= 0.3 is 6.09 Å².